The van der Waals surface area contributed by atoms with Gasteiger partial charge in [-0.2, -0.15) is 0 Å². The van der Waals surface area contributed by atoms with Crippen LogP contribution < -0.4 is 9.88 Å². The molecule has 0 bridgehead atoms. The van der Waals surface area contributed by atoms with Gasteiger partial charge in [0.2, 0.25) is 10.0 Å². The van der Waals surface area contributed by atoms with Crippen molar-refractivity contribution in [3.05, 3.63) is 40.6 Å². The fourth-order valence-electron chi connectivity index (χ4n) is 1.67. The Kier molecular flexibility index (Phi) is 3.81. The SMILES string of the molecule is NS(=O)(=O)CCOc1ccc([N+](=O)[O-])c2ncccc12. The molecule has 0 unspecified atom stereocenters. The Balaban J connectivity index is 2.36. The van der Waals surface area contributed by atoms with Crippen LogP contribution in [0.3, 0.4) is 0 Å². The molecule has 106 valence electrons. The molecule has 0 atom stereocenters. The van der Waals surface area contributed by atoms with E-state index < -0.39 is 14.9 Å². The Labute approximate surface area is 114 Å². The minimum absolute atomic E-state index is 0.138. The lowest BCUT2D eigenvalue weighted by Crippen LogP contribution is -2.21. The molecule has 0 amide bonds. The number of primary sulfonamides is 1. The van der Waals surface area contributed by atoms with E-state index in [-0.39, 0.29) is 23.6 Å². The van der Waals surface area contributed by atoms with E-state index >= 15 is 0 Å². The van der Waals surface area contributed by atoms with E-state index in [4.69, 9.17) is 9.88 Å². The minimum atomic E-state index is -3.62. The van der Waals surface area contributed by atoms with Crippen molar-refractivity contribution in [3.8, 4) is 5.75 Å². The zero-order chi connectivity index (χ0) is 14.8. The number of ether oxygens (including phenoxy) is 1. The van der Waals surface area contributed by atoms with Crippen molar-refractivity contribution in [2.75, 3.05) is 12.4 Å². The van der Waals surface area contributed by atoms with E-state index in [0.29, 0.717) is 11.1 Å². The van der Waals surface area contributed by atoms with Crippen molar-refractivity contribution in [1.82, 2.24) is 4.98 Å². The Morgan fingerprint density at radius 2 is 2.10 bits per heavy atom. The van der Waals surface area contributed by atoms with Gasteiger partial charge in [0.15, 0.2) is 5.52 Å². The number of nitro groups is 1. The molecule has 0 spiro atoms. The van der Waals surface area contributed by atoms with Crippen LogP contribution >= 0.6 is 0 Å². The molecular formula is C11H11N3O5S. The van der Waals surface area contributed by atoms with Gasteiger partial charge in [-0.05, 0) is 18.2 Å². The normalized spacial score (nSPS) is 11.4. The molecule has 0 radical (unpaired) electrons. The maximum Gasteiger partial charge on any atom is 0.295 e. The molecule has 8 nitrogen and oxygen atoms in total. The highest BCUT2D eigenvalue weighted by Crippen LogP contribution is 2.31. The first-order valence-electron chi connectivity index (χ1n) is 5.54. The second-order valence-corrected chi connectivity index (χ2v) is 5.69. The molecule has 1 aromatic carbocycles. The highest BCUT2D eigenvalue weighted by Gasteiger charge is 2.16. The van der Waals surface area contributed by atoms with Crippen LogP contribution in [0.2, 0.25) is 0 Å². The highest BCUT2D eigenvalue weighted by molar-refractivity contribution is 7.89. The molecule has 0 aliphatic heterocycles. The number of nitrogens with zero attached hydrogens (tertiary/aromatic N) is 2. The van der Waals surface area contributed by atoms with E-state index in [1.165, 1.54) is 18.3 Å². The molecule has 1 heterocycles. The van der Waals surface area contributed by atoms with Gasteiger partial charge in [-0.15, -0.1) is 0 Å². The maximum absolute atomic E-state index is 10.9. The molecule has 0 saturated heterocycles. The number of benzene rings is 1. The topological polar surface area (TPSA) is 125 Å². The number of nitro benzene ring substituents is 1. The van der Waals surface area contributed by atoms with Crippen LogP contribution in [0.25, 0.3) is 10.9 Å². The maximum atomic E-state index is 10.9. The third-order valence-corrected chi connectivity index (χ3v) is 3.27. The van der Waals surface area contributed by atoms with Crippen LogP contribution in [0.15, 0.2) is 30.5 Å². The quantitative estimate of drug-likeness (QED) is 0.643. The molecule has 2 rings (SSSR count). The van der Waals surface area contributed by atoms with Crippen LogP contribution in [0.1, 0.15) is 0 Å². The molecule has 2 aromatic rings. The summed E-state index contributed by atoms with van der Waals surface area (Å²) in [5.41, 5.74) is 0.0463. The van der Waals surface area contributed by atoms with Gasteiger partial charge in [-0.25, -0.2) is 18.5 Å². The van der Waals surface area contributed by atoms with Gasteiger partial charge in [0.05, 0.1) is 10.7 Å². The fourth-order valence-corrected chi connectivity index (χ4v) is 1.99. The summed E-state index contributed by atoms with van der Waals surface area (Å²) in [7, 11) is -3.62. The minimum Gasteiger partial charge on any atom is -0.492 e. The number of hydrogen-bond acceptors (Lipinski definition) is 6. The van der Waals surface area contributed by atoms with E-state index in [2.05, 4.69) is 4.98 Å². The Morgan fingerprint density at radius 3 is 2.75 bits per heavy atom. The van der Waals surface area contributed by atoms with Crippen molar-refractivity contribution < 1.29 is 18.1 Å². The Bertz CT molecular complexity index is 760. The largest absolute Gasteiger partial charge is 0.492 e. The molecule has 0 aliphatic carbocycles. The number of pyridine rings is 1. The van der Waals surface area contributed by atoms with Crippen LogP contribution in [-0.2, 0) is 10.0 Å². The molecule has 0 saturated carbocycles. The number of non-ortho nitro benzene ring substituents is 1. The standard InChI is InChI=1S/C11H11N3O5S/c12-20(17,18)7-6-19-10-4-3-9(14(15)16)11-8(10)2-1-5-13-11/h1-5H,6-7H2,(H2,12,17,18). The molecule has 0 aliphatic rings. The van der Waals surface area contributed by atoms with Gasteiger partial charge in [0.25, 0.3) is 5.69 Å². The zero-order valence-corrected chi connectivity index (χ0v) is 11.0. The summed E-state index contributed by atoms with van der Waals surface area (Å²) < 4.78 is 27.0. The lowest BCUT2D eigenvalue weighted by atomic mass is 10.2. The average Bonchev–Trinajstić information content (AvgIpc) is 2.37. The monoisotopic (exact) mass is 297 g/mol. The third-order valence-electron chi connectivity index (χ3n) is 2.53. The number of sulfonamides is 1. The third kappa shape index (κ3) is 3.19. The zero-order valence-electron chi connectivity index (χ0n) is 10.2. The van der Waals surface area contributed by atoms with Crippen molar-refractivity contribution in [1.29, 1.82) is 0 Å². The molecule has 2 N–H and O–H groups in total. The van der Waals surface area contributed by atoms with Gasteiger partial charge in [0, 0.05) is 17.6 Å². The summed E-state index contributed by atoms with van der Waals surface area (Å²) in [6.07, 6.45) is 1.43. The summed E-state index contributed by atoms with van der Waals surface area (Å²) in [6.45, 7) is -0.138. The average molecular weight is 297 g/mol. The van der Waals surface area contributed by atoms with Crippen LogP contribution in [0.4, 0.5) is 5.69 Å². The molecule has 9 heteroatoms. The second kappa shape index (κ2) is 5.39. The van der Waals surface area contributed by atoms with Gasteiger partial charge in [0.1, 0.15) is 12.4 Å². The Hall–Kier alpha value is -2.26. The van der Waals surface area contributed by atoms with Gasteiger partial charge in [-0.1, -0.05) is 0 Å². The summed E-state index contributed by atoms with van der Waals surface area (Å²) >= 11 is 0. The predicted octanol–water partition coefficient (Wildman–Crippen LogP) is 0.810. The molecule has 1 aromatic heterocycles. The van der Waals surface area contributed by atoms with Gasteiger partial charge < -0.3 is 4.74 Å². The lowest BCUT2D eigenvalue weighted by Gasteiger charge is -2.08. The highest BCUT2D eigenvalue weighted by atomic mass is 32.2. The number of fused-ring (bicyclic) bond motifs is 1. The summed E-state index contributed by atoms with van der Waals surface area (Å²) in [5.74, 6) is -0.0199. The van der Waals surface area contributed by atoms with E-state index in [1.54, 1.807) is 12.1 Å². The second-order valence-electron chi connectivity index (χ2n) is 3.95. The van der Waals surface area contributed by atoms with Gasteiger partial charge >= 0.3 is 0 Å². The number of nitrogens with two attached hydrogens (primary N) is 1. The predicted molar refractivity (Wildman–Crippen MR) is 71.9 cm³/mol. The van der Waals surface area contributed by atoms with Crippen LogP contribution in [-0.4, -0.2) is 30.7 Å². The van der Waals surface area contributed by atoms with Crippen molar-refractivity contribution in [3.63, 3.8) is 0 Å². The fraction of sp³-hybridized carbons (Fsp3) is 0.182. The summed E-state index contributed by atoms with van der Waals surface area (Å²) in [4.78, 5) is 14.3. The number of aromatic nitrogens is 1. The van der Waals surface area contributed by atoms with Crippen molar-refractivity contribution >= 4 is 26.6 Å². The van der Waals surface area contributed by atoms with E-state index in [0.717, 1.165) is 0 Å². The van der Waals surface area contributed by atoms with Crippen LogP contribution in [0, 0.1) is 10.1 Å². The van der Waals surface area contributed by atoms with Crippen LogP contribution in [0.5, 0.6) is 5.75 Å². The first kappa shape index (κ1) is 14.2. The summed E-state index contributed by atoms with van der Waals surface area (Å²) in [5, 5.41) is 16.2. The first-order chi connectivity index (χ1) is 9.38. The first-order valence-corrected chi connectivity index (χ1v) is 7.25. The summed E-state index contributed by atoms with van der Waals surface area (Å²) in [6, 6.07) is 5.90. The van der Waals surface area contributed by atoms with Crippen molar-refractivity contribution in [2.45, 2.75) is 0 Å². The number of rotatable bonds is 5. The van der Waals surface area contributed by atoms with E-state index in [1.807, 2.05) is 0 Å². The molecular weight excluding hydrogens is 286 g/mol. The molecule has 0 fully saturated rings. The van der Waals surface area contributed by atoms with E-state index in [9.17, 15) is 18.5 Å². The number of hydrogen-bond donors (Lipinski definition) is 1. The Morgan fingerprint density at radius 1 is 1.35 bits per heavy atom. The lowest BCUT2D eigenvalue weighted by molar-refractivity contribution is -0.383. The van der Waals surface area contributed by atoms with Crippen molar-refractivity contribution in [2.24, 2.45) is 5.14 Å². The molecule has 20 heavy (non-hydrogen) atoms. The van der Waals surface area contributed by atoms with Gasteiger partial charge in [-0.3, -0.25) is 10.1 Å². The smallest absolute Gasteiger partial charge is 0.295 e.